The zero-order valence-corrected chi connectivity index (χ0v) is 19.9. The number of fused-ring (bicyclic) bond motifs is 1. The van der Waals surface area contributed by atoms with Crippen LogP contribution in [-0.2, 0) is 16.6 Å². The summed E-state index contributed by atoms with van der Waals surface area (Å²) in [4.78, 5) is 3.31. The zero-order valence-electron chi connectivity index (χ0n) is 18.3. The maximum atomic E-state index is 13.8. The van der Waals surface area contributed by atoms with Gasteiger partial charge in [0.15, 0.2) is 0 Å². The van der Waals surface area contributed by atoms with Crippen LogP contribution in [0.25, 0.3) is 0 Å². The average Bonchev–Trinajstić information content (AvgIpc) is 2.84. The Kier molecular flexibility index (Phi) is 7.17. The maximum absolute atomic E-state index is 13.8. The second-order valence-electron chi connectivity index (χ2n) is 7.87. The molecule has 5 nitrogen and oxygen atoms in total. The lowest BCUT2D eigenvalue weighted by molar-refractivity contribution is 0.198. The van der Waals surface area contributed by atoms with Crippen LogP contribution in [0.1, 0.15) is 45.1 Å². The summed E-state index contributed by atoms with van der Waals surface area (Å²) in [6.07, 6.45) is 5.45. The molecule has 0 aromatic heterocycles. The highest BCUT2D eigenvalue weighted by Gasteiger charge is 2.46. The number of para-hydroxylation sites is 1. The molecule has 1 N–H and O–H groups in total. The fourth-order valence-electron chi connectivity index (χ4n) is 4.30. The number of benzene rings is 2. The van der Waals surface area contributed by atoms with Gasteiger partial charge in [-0.25, -0.2) is 8.42 Å². The van der Waals surface area contributed by atoms with Gasteiger partial charge >= 0.3 is 0 Å². The molecule has 164 valence electrons. The van der Waals surface area contributed by atoms with Crippen LogP contribution in [0.5, 0.6) is 0 Å². The number of nitrogens with zero attached hydrogens (tertiary/aromatic N) is 2. The van der Waals surface area contributed by atoms with Crippen LogP contribution in [0.15, 0.2) is 52.3 Å². The molecule has 30 heavy (non-hydrogen) atoms. The lowest BCUT2D eigenvalue weighted by Crippen LogP contribution is -2.53. The van der Waals surface area contributed by atoms with E-state index >= 15 is 0 Å². The minimum atomic E-state index is -3.73. The van der Waals surface area contributed by atoms with Gasteiger partial charge in [-0.3, -0.25) is 0 Å². The molecule has 0 unspecified atom stereocenters. The topological polar surface area (TPSA) is 60.9 Å². The van der Waals surface area contributed by atoms with Crippen molar-refractivity contribution in [2.24, 2.45) is 0 Å². The molecule has 0 aliphatic carbocycles. The number of rotatable bonds is 7. The van der Waals surface area contributed by atoms with Gasteiger partial charge in [-0.05, 0) is 48.9 Å². The fraction of sp³-hybridized carbons (Fsp3) is 0.478. The fourth-order valence-corrected chi connectivity index (χ4v) is 6.72. The predicted octanol–water partition coefficient (Wildman–Crippen LogP) is 5.01. The van der Waals surface area contributed by atoms with E-state index in [1.807, 2.05) is 42.7 Å². The van der Waals surface area contributed by atoms with Gasteiger partial charge in [0, 0.05) is 24.2 Å². The Hall–Kier alpha value is -1.54. The van der Waals surface area contributed by atoms with Crippen molar-refractivity contribution in [2.75, 3.05) is 24.7 Å². The number of thioether (sulfide) groups is 1. The molecular weight excluding hydrogens is 416 g/mol. The Bertz CT molecular complexity index is 979. The standard InChI is InChI=1S/C23H32N2O3S2/c1-5-7-13-23(6-2)17-25(19-11-9-8-10-12-19)20-15-21(29-4)18(16-26)14-22(20)30(27,28)24(23)3/h8-12,14-15,26H,5-7,13,16-17H2,1-4H3/t23-/m1/s1. The van der Waals surface area contributed by atoms with Gasteiger partial charge in [0.2, 0.25) is 10.0 Å². The molecule has 2 aromatic carbocycles. The zero-order chi connectivity index (χ0) is 21.9. The van der Waals surface area contributed by atoms with E-state index in [-0.39, 0.29) is 11.5 Å². The van der Waals surface area contributed by atoms with Crippen LogP contribution in [0, 0.1) is 0 Å². The second-order valence-corrected chi connectivity index (χ2v) is 10.7. The van der Waals surface area contributed by atoms with Crippen molar-refractivity contribution in [1.29, 1.82) is 0 Å². The summed E-state index contributed by atoms with van der Waals surface area (Å²) < 4.78 is 29.2. The van der Waals surface area contributed by atoms with Gasteiger partial charge in [0.1, 0.15) is 4.90 Å². The van der Waals surface area contributed by atoms with Gasteiger partial charge in [-0.1, -0.05) is 44.9 Å². The van der Waals surface area contributed by atoms with E-state index in [2.05, 4.69) is 18.7 Å². The first-order valence-electron chi connectivity index (χ1n) is 10.5. The SMILES string of the molecule is CCCC[C@]1(CC)CN(c2ccccc2)c2cc(SC)c(CO)cc2S(=O)(=O)N1C. The Morgan fingerprint density at radius 2 is 1.87 bits per heavy atom. The lowest BCUT2D eigenvalue weighted by Gasteiger charge is -2.41. The summed E-state index contributed by atoms with van der Waals surface area (Å²) in [6.45, 7) is 4.61. The molecule has 1 atom stereocenters. The van der Waals surface area contributed by atoms with Crippen molar-refractivity contribution < 1.29 is 13.5 Å². The second kappa shape index (κ2) is 9.30. The van der Waals surface area contributed by atoms with E-state index in [0.29, 0.717) is 17.8 Å². The molecule has 3 rings (SSSR count). The largest absolute Gasteiger partial charge is 0.392 e. The van der Waals surface area contributed by atoms with Crippen molar-refractivity contribution in [3.63, 3.8) is 0 Å². The minimum absolute atomic E-state index is 0.192. The molecule has 0 bridgehead atoms. The third-order valence-corrected chi connectivity index (χ3v) is 9.11. The van der Waals surface area contributed by atoms with Gasteiger partial charge in [-0.2, -0.15) is 4.31 Å². The van der Waals surface area contributed by atoms with E-state index in [1.165, 1.54) is 11.8 Å². The van der Waals surface area contributed by atoms with Gasteiger partial charge in [0.05, 0.1) is 17.8 Å². The number of unbranched alkanes of at least 4 members (excludes halogenated alkanes) is 1. The summed E-state index contributed by atoms with van der Waals surface area (Å²) in [7, 11) is -2.02. The summed E-state index contributed by atoms with van der Waals surface area (Å²) in [5, 5.41) is 9.87. The van der Waals surface area contributed by atoms with Crippen molar-refractivity contribution in [3.05, 3.63) is 48.0 Å². The highest BCUT2D eigenvalue weighted by molar-refractivity contribution is 7.98. The Morgan fingerprint density at radius 3 is 2.43 bits per heavy atom. The first-order chi connectivity index (χ1) is 14.3. The molecule has 1 aliphatic rings. The summed E-state index contributed by atoms with van der Waals surface area (Å²) in [5.74, 6) is 0. The summed E-state index contributed by atoms with van der Waals surface area (Å²) >= 11 is 1.52. The highest BCUT2D eigenvalue weighted by atomic mass is 32.2. The number of hydrogen-bond donors (Lipinski definition) is 1. The lowest BCUT2D eigenvalue weighted by atomic mass is 9.88. The molecule has 1 aliphatic heterocycles. The molecule has 1 heterocycles. The predicted molar refractivity (Wildman–Crippen MR) is 125 cm³/mol. The molecule has 0 amide bonds. The van der Waals surface area contributed by atoms with Crippen LogP contribution in [0.3, 0.4) is 0 Å². The number of sulfonamides is 1. The number of likely N-dealkylation sites (N-methyl/N-ethyl adjacent to an activating group) is 1. The molecule has 0 radical (unpaired) electrons. The van der Waals surface area contributed by atoms with E-state index < -0.39 is 15.6 Å². The van der Waals surface area contributed by atoms with E-state index in [9.17, 15) is 13.5 Å². The highest BCUT2D eigenvalue weighted by Crippen LogP contribution is 2.45. The normalized spacial score (nSPS) is 21.3. The Balaban J connectivity index is 2.33. The first kappa shape index (κ1) is 23.1. The van der Waals surface area contributed by atoms with Crippen LogP contribution >= 0.6 is 11.8 Å². The minimum Gasteiger partial charge on any atom is -0.392 e. The van der Waals surface area contributed by atoms with Crippen molar-refractivity contribution >= 4 is 33.2 Å². The monoisotopic (exact) mass is 448 g/mol. The Labute approximate surface area is 185 Å². The van der Waals surface area contributed by atoms with Crippen molar-refractivity contribution in [1.82, 2.24) is 4.31 Å². The number of anilines is 2. The van der Waals surface area contributed by atoms with Crippen LogP contribution in [0.2, 0.25) is 0 Å². The third kappa shape index (κ3) is 4.00. The average molecular weight is 449 g/mol. The summed E-state index contributed by atoms with van der Waals surface area (Å²) in [6, 6.07) is 13.6. The van der Waals surface area contributed by atoms with Gasteiger partial charge < -0.3 is 10.0 Å². The van der Waals surface area contributed by atoms with Crippen molar-refractivity contribution in [2.45, 2.75) is 61.5 Å². The van der Waals surface area contributed by atoms with E-state index in [0.717, 1.165) is 36.3 Å². The van der Waals surface area contributed by atoms with E-state index in [4.69, 9.17) is 0 Å². The number of hydrogen-bond acceptors (Lipinski definition) is 5. The molecule has 0 fully saturated rings. The Morgan fingerprint density at radius 1 is 1.17 bits per heavy atom. The molecule has 0 saturated carbocycles. The van der Waals surface area contributed by atoms with E-state index in [1.54, 1.807) is 17.4 Å². The smallest absolute Gasteiger partial charge is 0.245 e. The quantitative estimate of drug-likeness (QED) is 0.603. The van der Waals surface area contributed by atoms with Crippen molar-refractivity contribution in [3.8, 4) is 0 Å². The molecule has 0 saturated heterocycles. The van der Waals surface area contributed by atoms with Gasteiger partial charge in [-0.15, -0.1) is 11.8 Å². The van der Waals surface area contributed by atoms with Crippen LogP contribution in [0.4, 0.5) is 11.4 Å². The molecule has 0 spiro atoms. The third-order valence-electron chi connectivity index (χ3n) is 6.30. The van der Waals surface area contributed by atoms with Crippen LogP contribution in [-0.4, -0.2) is 43.2 Å². The maximum Gasteiger partial charge on any atom is 0.245 e. The molecular formula is C23H32N2O3S2. The molecule has 2 aromatic rings. The number of aliphatic hydroxyl groups is 1. The van der Waals surface area contributed by atoms with Crippen LogP contribution < -0.4 is 4.90 Å². The number of aliphatic hydroxyl groups excluding tert-OH is 1. The summed E-state index contributed by atoms with van der Waals surface area (Å²) in [5.41, 5.74) is 1.79. The first-order valence-corrected chi connectivity index (χ1v) is 13.1. The molecule has 7 heteroatoms. The van der Waals surface area contributed by atoms with Gasteiger partial charge in [0.25, 0.3) is 0 Å².